The molecule has 61 heavy (non-hydrogen) atoms. The van der Waals surface area contributed by atoms with Crippen molar-refractivity contribution in [2.75, 3.05) is 0 Å². The summed E-state index contributed by atoms with van der Waals surface area (Å²) >= 11 is 0. The number of aryl methyl sites for hydroxylation is 1. The molecule has 2 aliphatic rings. The van der Waals surface area contributed by atoms with Gasteiger partial charge in [-0.2, -0.15) is 0 Å². The zero-order chi connectivity index (χ0) is 41.0. The Kier molecular flexibility index (Phi) is 9.05. The third-order valence-electron chi connectivity index (χ3n) is 13.9. The van der Waals surface area contributed by atoms with Crippen LogP contribution in [-0.2, 0) is 17.3 Å². The molecule has 9 aromatic carbocycles. The molecule has 0 spiro atoms. The standard InChI is InChI=1S/C61H48/c1-60(2)56-24-14-12-22-52(56)54-39-34-48(41-58(54)60)51(47-30-28-45(29-31-47)43-16-6-3-7-17-43)37-26-42-27-38-55-53-23-13-15-25-57(53)61(59(55)40-42,49-20-10-5-11-21-49)50-35-32-46(33-36-50)44-18-8-4-9-19-44/h3-25,27-36,38-41,51H,26,37H2,1-2H3. The van der Waals surface area contributed by atoms with Crippen molar-refractivity contribution < 1.29 is 0 Å². The molecule has 0 fully saturated rings. The molecule has 0 saturated carbocycles. The molecular weight excluding hydrogens is 733 g/mol. The Balaban J connectivity index is 1.01. The van der Waals surface area contributed by atoms with Crippen molar-refractivity contribution in [3.63, 3.8) is 0 Å². The van der Waals surface area contributed by atoms with Crippen molar-refractivity contribution in [2.45, 2.75) is 43.4 Å². The van der Waals surface area contributed by atoms with Crippen LogP contribution >= 0.6 is 0 Å². The van der Waals surface area contributed by atoms with E-state index in [9.17, 15) is 0 Å². The topological polar surface area (TPSA) is 0 Å². The van der Waals surface area contributed by atoms with Gasteiger partial charge in [0.25, 0.3) is 0 Å². The number of hydrogen-bond donors (Lipinski definition) is 0. The maximum absolute atomic E-state index is 2.55. The molecule has 2 unspecified atom stereocenters. The predicted octanol–water partition coefficient (Wildman–Crippen LogP) is 15.5. The smallest absolute Gasteiger partial charge is 0.0622 e. The van der Waals surface area contributed by atoms with Crippen molar-refractivity contribution in [1.82, 2.24) is 0 Å². The van der Waals surface area contributed by atoms with E-state index in [1.807, 2.05) is 0 Å². The van der Waals surface area contributed by atoms with Crippen LogP contribution in [0.25, 0.3) is 44.5 Å². The zero-order valence-corrected chi connectivity index (χ0v) is 34.9. The minimum Gasteiger partial charge on any atom is -0.0622 e. The highest BCUT2D eigenvalue weighted by Gasteiger charge is 2.46. The molecule has 0 aromatic heterocycles. The summed E-state index contributed by atoms with van der Waals surface area (Å²) in [4.78, 5) is 0. The van der Waals surface area contributed by atoms with E-state index in [0.29, 0.717) is 0 Å². The second kappa shape index (κ2) is 14.9. The first-order valence-corrected chi connectivity index (χ1v) is 21.8. The van der Waals surface area contributed by atoms with Crippen LogP contribution in [0.4, 0.5) is 0 Å². The largest absolute Gasteiger partial charge is 0.0713 e. The van der Waals surface area contributed by atoms with E-state index in [1.54, 1.807) is 0 Å². The van der Waals surface area contributed by atoms with Gasteiger partial charge in [-0.1, -0.05) is 238 Å². The van der Waals surface area contributed by atoms with Gasteiger partial charge >= 0.3 is 0 Å². The fraction of sp³-hybridized carbons (Fsp3) is 0.115. The molecule has 0 radical (unpaired) electrons. The highest BCUT2D eigenvalue weighted by molar-refractivity contribution is 5.87. The molecule has 9 aromatic rings. The second-order valence-electron chi connectivity index (χ2n) is 17.5. The Labute approximate surface area is 360 Å². The van der Waals surface area contributed by atoms with E-state index in [4.69, 9.17) is 0 Å². The lowest BCUT2D eigenvalue weighted by Gasteiger charge is -2.34. The summed E-state index contributed by atoms with van der Waals surface area (Å²) in [6, 6.07) is 84.1. The minimum absolute atomic E-state index is 0.0568. The van der Waals surface area contributed by atoms with E-state index < -0.39 is 5.41 Å². The molecule has 292 valence electrons. The molecule has 0 heteroatoms. The molecule has 0 nitrogen and oxygen atoms in total. The molecule has 11 rings (SSSR count). The average molecular weight is 781 g/mol. The van der Waals surface area contributed by atoms with Gasteiger partial charge < -0.3 is 0 Å². The van der Waals surface area contributed by atoms with Crippen molar-refractivity contribution in [2.24, 2.45) is 0 Å². The Morgan fingerprint density at radius 3 is 1.46 bits per heavy atom. The summed E-state index contributed by atoms with van der Waals surface area (Å²) in [6.45, 7) is 4.78. The van der Waals surface area contributed by atoms with E-state index in [-0.39, 0.29) is 11.3 Å². The summed E-state index contributed by atoms with van der Waals surface area (Å²) in [5.41, 5.74) is 22.1. The molecule has 0 aliphatic heterocycles. The van der Waals surface area contributed by atoms with E-state index in [0.717, 1.165) is 12.8 Å². The quantitative estimate of drug-likeness (QED) is 0.137. The average Bonchev–Trinajstić information content (AvgIpc) is 3.75. The van der Waals surface area contributed by atoms with Crippen LogP contribution in [-0.4, -0.2) is 0 Å². The molecule has 0 amide bonds. The number of hydrogen-bond acceptors (Lipinski definition) is 0. The van der Waals surface area contributed by atoms with Gasteiger partial charge in [0.05, 0.1) is 5.41 Å². The predicted molar refractivity (Wildman–Crippen MR) is 255 cm³/mol. The van der Waals surface area contributed by atoms with Crippen LogP contribution in [0.15, 0.2) is 224 Å². The SMILES string of the molecule is CC1(C)c2ccccc2-c2ccc(C(CCc3ccc4c(c3)C(c3ccccc3)(c3ccc(-c5ccccc5)cc3)c3ccccc3-4)c3ccc(-c4ccccc4)cc3)cc21. The Morgan fingerprint density at radius 1 is 0.344 bits per heavy atom. The van der Waals surface area contributed by atoms with Crippen LogP contribution in [0.3, 0.4) is 0 Å². The molecule has 2 aliphatic carbocycles. The van der Waals surface area contributed by atoms with Gasteiger partial charge in [0.15, 0.2) is 0 Å². The van der Waals surface area contributed by atoms with Gasteiger partial charge in [-0.25, -0.2) is 0 Å². The maximum atomic E-state index is 2.55. The van der Waals surface area contributed by atoms with Crippen molar-refractivity contribution in [3.05, 3.63) is 275 Å². The lowest BCUT2D eigenvalue weighted by atomic mass is 9.67. The third kappa shape index (κ3) is 6.12. The Hall–Kier alpha value is -7.02. The normalized spacial score (nSPS) is 16.0. The van der Waals surface area contributed by atoms with Gasteiger partial charge in [-0.15, -0.1) is 0 Å². The Morgan fingerprint density at radius 2 is 0.803 bits per heavy atom. The summed E-state index contributed by atoms with van der Waals surface area (Å²) in [6.07, 6.45) is 1.94. The van der Waals surface area contributed by atoms with Crippen LogP contribution in [0.2, 0.25) is 0 Å². The van der Waals surface area contributed by atoms with Crippen LogP contribution in [0.5, 0.6) is 0 Å². The number of fused-ring (bicyclic) bond motifs is 6. The van der Waals surface area contributed by atoms with Crippen LogP contribution < -0.4 is 0 Å². The summed E-state index contributed by atoms with van der Waals surface area (Å²) in [7, 11) is 0. The lowest BCUT2D eigenvalue weighted by molar-refractivity contribution is 0.654. The first kappa shape index (κ1) is 37.0. The molecule has 2 atom stereocenters. The van der Waals surface area contributed by atoms with Crippen LogP contribution in [0, 0.1) is 0 Å². The van der Waals surface area contributed by atoms with Gasteiger partial charge in [-0.05, 0) is 107 Å². The molecule has 0 heterocycles. The van der Waals surface area contributed by atoms with Crippen molar-refractivity contribution in [3.8, 4) is 44.5 Å². The zero-order valence-electron chi connectivity index (χ0n) is 34.9. The third-order valence-corrected chi connectivity index (χ3v) is 13.9. The Bertz CT molecular complexity index is 3010. The fourth-order valence-corrected chi connectivity index (χ4v) is 10.8. The highest BCUT2D eigenvalue weighted by Crippen LogP contribution is 2.57. The molecule has 0 N–H and O–H groups in total. The van der Waals surface area contributed by atoms with Crippen LogP contribution in [0.1, 0.15) is 76.3 Å². The molecular formula is C61H48. The highest BCUT2D eigenvalue weighted by atomic mass is 14.5. The summed E-state index contributed by atoms with van der Waals surface area (Å²) < 4.78 is 0. The molecule has 0 saturated heterocycles. The summed E-state index contributed by atoms with van der Waals surface area (Å²) in [5, 5.41) is 0. The summed E-state index contributed by atoms with van der Waals surface area (Å²) in [5.74, 6) is 0.226. The first-order valence-electron chi connectivity index (χ1n) is 21.8. The maximum Gasteiger partial charge on any atom is 0.0713 e. The molecule has 0 bridgehead atoms. The lowest BCUT2D eigenvalue weighted by Crippen LogP contribution is -2.28. The van der Waals surface area contributed by atoms with Gasteiger partial charge in [0.1, 0.15) is 0 Å². The minimum atomic E-state index is -0.453. The second-order valence-corrected chi connectivity index (χ2v) is 17.5. The van der Waals surface area contributed by atoms with E-state index in [1.165, 1.54) is 94.6 Å². The van der Waals surface area contributed by atoms with E-state index in [2.05, 4.69) is 238 Å². The fourth-order valence-electron chi connectivity index (χ4n) is 10.8. The number of rotatable bonds is 9. The van der Waals surface area contributed by atoms with Gasteiger partial charge in [0, 0.05) is 11.3 Å². The van der Waals surface area contributed by atoms with E-state index >= 15 is 0 Å². The van der Waals surface area contributed by atoms with Gasteiger partial charge in [0.2, 0.25) is 0 Å². The van der Waals surface area contributed by atoms with Gasteiger partial charge in [-0.3, -0.25) is 0 Å². The first-order chi connectivity index (χ1) is 30.0. The monoisotopic (exact) mass is 780 g/mol. The van der Waals surface area contributed by atoms with Crippen molar-refractivity contribution >= 4 is 0 Å². The number of benzene rings is 9. The van der Waals surface area contributed by atoms with Crippen molar-refractivity contribution in [1.29, 1.82) is 0 Å².